The number of benzene rings is 1. The van der Waals surface area contributed by atoms with Gasteiger partial charge in [-0.15, -0.1) is 0 Å². The minimum absolute atomic E-state index is 0.0379. The SMILES string of the molecule is Cc1ccc(C(=O)NCCC2CCNC2)cc1. The molecule has 92 valence electrons. The molecule has 3 nitrogen and oxygen atoms in total. The number of carbonyl (C=O) groups is 1. The van der Waals surface area contributed by atoms with Crippen LogP contribution in [0.15, 0.2) is 24.3 Å². The van der Waals surface area contributed by atoms with Crippen molar-refractivity contribution in [3.8, 4) is 0 Å². The van der Waals surface area contributed by atoms with Gasteiger partial charge in [0.2, 0.25) is 0 Å². The summed E-state index contributed by atoms with van der Waals surface area (Å²) in [6.07, 6.45) is 2.31. The maximum atomic E-state index is 11.8. The molecule has 1 aliphatic rings. The normalized spacial score (nSPS) is 19.2. The zero-order valence-electron chi connectivity index (χ0n) is 10.3. The molecule has 0 aromatic heterocycles. The number of rotatable bonds is 4. The smallest absolute Gasteiger partial charge is 0.251 e. The molecular weight excluding hydrogens is 212 g/mol. The first-order valence-corrected chi connectivity index (χ1v) is 6.31. The van der Waals surface area contributed by atoms with Crippen LogP contribution >= 0.6 is 0 Å². The molecule has 1 aliphatic heterocycles. The summed E-state index contributed by atoms with van der Waals surface area (Å²) in [5, 5.41) is 6.31. The fraction of sp³-hybridized carbons (Fsp3) is 0.500. The van der Waals surface area contributed by atoms with Crippen molar-refractivity contribution in [2.75, 3.05) is 19.6 Å². The third-order valence-electron chi connectivity index (χ3n) is 3.31. The summed E-state index contributed by atoms with van der Waals surface area (Å²) in [6.45, 7) is 5.02. The van der Waals surface area contributed by atoms with Gasteiger partial charge in [0.25, 0.3) is 5.91 Å². The Kier molecular flexibility index (Phi) is 4.15. The number of hydrogen-bond acceptors (Lipinski definition) is 2. The molecule has 1 atom stereocenters. The van der Waals surface area contributed by atoms with Crippen molar-refractivity contribution in [1.29, 1.82) is 0 Å². The third kappa shape index (κ3) is 3.56. The number of carbonyl (C=O) groups excluding carboxylic acids is 1. The van der Waals surface area contributed by atoms with Crippen LogP contribution in [0, 0.1) is 12.8 Å². The van der Waals surface area contributed by atoms with Crippen molar-refractivity contribution >= 4 is 5.91 Å². The lowest BCUT2D eigenvalue weighted by atomic mass is 10.1. The number of aryl methyl sites for hydroxylation is 1. The Hall–Kier alpha value is -1.35. The Balaban J connectivity index is 1.75. The lowest BCUT2D eigenvalue weighted by molar-refractivity contribution is 0.0951. The molecule has 1 unspecified atom stereocenters. The summed E-state index contributed by atoms with van der Waals surface area (Å²) < 4.78 is 0. The van der Waals surface area contributed by atoms with Gasteiger partial charge in [-0.25, -0.2) is 0 Å². The van der Waals surface area contributed by atoms with Gasteiger partial charge in [-0.2, -0.15) is 0 Å². The van der Waals surface area contributed by atoms with Gasteiger partial charge in [-0.1, -0.05) is 17.7 Å². The topological polar surface area (TPSA) is 41.1 Å². The Morgan fingerprint density at radius 1 is 1.41 bits per heavy atom. The molecule has 0 spiro atoms. The molecule has 0 radical (unpaired) electrons. The van der Waals surface area contributed by atoms with Gasteiger partial charge in [0.1, 0.15) is 0 Å². The Morgan fingerprint density at radius 2 is 2.18 bits per heavy atom. The molecule has 0 bridgehead atoms. The van der Waals surface area contributed by atoms with Crippen molar-refractivity contribution < 1.29 is 4.79 Å². The first-order valence-electron chi connectivity index (χ1n) is 6.31. The van der Waals surface area contributed by atoms with Crippen molar-refractivity contribution in [2.45, 2.75) is 19.8 Å². The third-order valence-corrected chi connectivity index (χ3v) is 3.31. The highest BCUT2D eigenvalue weighted by molar-refractivity contribution is 5.94. The number of nitrogens with one attached hydrogen (secondary N) is 2. The van der Waals surface area contributed by atoms with Crippen molar-refractivity contribution in [1.82, 2.24) is 10.6 Å². The molecule has 1 aromatic carbocycles. The zero-order chi connectivity index (χ0) is 12.1. The molecule has 2 N–H and O–H groups in total. The molecule has 0 aliphatic carbocycles. The van der Waals surface area contributed by atoms with E-state index >= 15 is 0 Å². The van der Waals surface area contributed by atoms with Crippen LogP contribution in [0.1, 0.15) is 28.8 Å². The second-order valence-electron chi connectivity index (χ2n) is 4.77. The summed E-state index contributed by atoms with van der Waals surface area (Å²) in [6, 6.07) is 7.69. The van der Waals surface area contributed by atoms with E-state index < -0.39 is 0 Å². The Morgan fingerprint density at radius 3 is 2.82 bits per heavy atom. The van der Waals surface area contributed by atoms with E-state index in [1.165, 1.54) is 12.0 Å². The first kappa shape index (κ1) is 12.1. The highest BCUT2D eigenvalue weighted by Gasteiger charge is 2.14. The molecule has 2 rings (SSSR count). The van der Waals surface area contributed by atoms with Crippen LogP contribution in [0.3, 0.4) is 0 Å². The average molecular weight is 232 g/mol. The van der Waals surface area contributed by atoms with Crippen molar-refractivity contribution in [3.05, 3.63) is 35.4 Å². The lowest BCUT2D eigenvalue weighted by Crippen LogP contribution is -2.26. The maximum absolute atomic E-state index is 11.8. The molecule has 1 heterocycles. The van der Waals surface area contributed by atoms with Crippen LogP contribution < -0.4 is 10.6 Å². The predicted molar refractivity (Wildman–Crippen MR) is 69.1 cm³/mol. The molecule has 3 heteroatoms. The van der Waals surface area contributed by atoms with E-state index in [2.05, 4.69) is 10.6 Å². The van der Waals surface area contributed by atoms with Gasteiger partial charge in [0.15, 0.2) is 0 Å². The van der Waals surface area contributed by atoms with Crippen LogP contribution in [-0.4, -0.2) is 25.5 Å². The van der Waals surface area contributed by atoms with E-state index in [9.17, 15) is 4.79 Å². The highest BCUT2D eigenvalue weighted by atomic mass is 16.1. The molecular formula is C14H20N2O. The van der Waals surface area contributed by atoms with Gasteiger partial charge in [0.05, 0.1) is 0 Å². The molecule has 17 heavy (non-hydrogen) atoms. The molecule has 0 saturated carbocycles. The van der Waals surface area contributed by atoms with E-state index in [4.69, 9.17) is 0 Å². The van der Waals surface area contributed by atoms with E-state index in [0.717, 1.165) is 37.5 Å². The van der Waals surface area contributed by atoms with Gasteiger partial charge in [0, 0.05) is 12.1 Å². The average Bonchev–Trinajstić information content (AvgIpc) is 2.83. The Labute approximate surface area is 103 Å². The predicted octanol–water partition coefficient (Wildman–Crippen LogP) is 1.72. The second kappa shape index (κ2) is 5.82. The summed E-state index contributed by atoms with van der Waals surface area (Å²) in [4.78, 5) is 11.8. The monoisotopic (exact) mass is 232 g/mol. The minimum Gasteiger partial charge on any atom is -0.352 e. The fourth-order valence-electron chi connectivity index (χ4n) is 2.16. The zero-order valence-corrected chi connectivity index (χ0v) is 10.3. The summed E-state index contributed by atoms with van der Waals surface area (Å²) in [7, 11) is 0. The summed E-state index contributed by atoms with van der Waals surface area (Å²) >= 11 is 0. The van der Waals surface area contributed by atoms with Crippen LogP contribution in [0.4, 0.5) is 0 Å². The largest absolute Gasteiger partial charge is 0.352 e. The first-order chi connectivity index (χ1) is 8.25. The quantitative estimate of drug-likeness (QED) is 0.830. The van der Waals surface area contributed by atoms with E-state index in [1.54, 1.807) is 0 Å². The minimum atomic E-state index is 0.0379. The van der Waals surface area contributed by atoms with E-state index in [-0.39, 0.29) is 5.91 Å². The van der Waals surface area contributed by atoms with Crippen molar-refractivity contribution in [2.24, 2.45) is 5.92 Å². The van der Waals surface area contributed by atoms with Crippen LogP contribution in [-0.2, 0) is 0 Å². The van der Waals surface area contributed by atoms with Gasteiger partial charge in [-0.3, -0.25) is 4.79 Å². The molecule has 1 fully saturated rings. The fourth-order valence-corrected chi connectivity index (χ4v) is 2.16. The second-order valence-corrected chi connectivity index (χ2v) is 4.77. The van der Waals surface area contributed by atoms with Gasteiger partial charge in [-0.05, 0) is 50.9 Å². The van der Waals surface area contributed by atoms with E-state index in [1.807, 2.05) is 31.2 Å². The lowest BCUT2D eigenvalue weighted by Gasteiger charge is -2.09. The Bertz CT molecular complexity index is 366. The standard InChI is InChI=1S/C14H20N2O/c1-11-2-4-13(5-3-11)14(17)16-9-7-12-6-8-15-10-12/h2-5,12,15H,6-10H2,1H3,(H,16,17). The van der Waals surface area contributed by atoms with Crippen molar-refractivity contribution in [3.63, 3.8) is 0 Å². The molecule has 1 aromatic rings. The highest BCUT2D eigenvalue weighted by Crippen LogP contribution is 2.11. The van der Waals surface area contributed by atoms with Crippen LogP contribution in [0.5, 0.6) is 0 Å². The van der Waals surface area contributed by atoms with E-state index in [0.29, 0.717) is 0 Å². The summed E-state index contributed by atoms with van der Waals surface area (Å²) in [5.74, 6) is 0.768. The maximum Gasteiger partial charge on any atom is 0.251 e. The van der Waals surface area contributed by atoms with Crippen LogP contribution in [0.2, 0.25) is 0 Å². The van der Waals surface area contributed by atoms with Crippen LogP contribution in [0.25, 0.3) is 0 Å². The number of amides is 1. The molecule has 1 amide bonds. The van der Waals surface area contributed by atoms with Gasteiger partial charge >= 0.3 is 0 Å². The molecule has 1 saturated heterocycles. The van der Waals surface area contributed by atoms with Gasteiger partial charge < -0.3 is 10.6 Å². The summed E-state index contributed by atoms with van der Waals surface area (Å²) in [5.41, 5.74) is 1.93. The number of hydrogen-bond donors (Lipinski definition) is 2.